The van der Waals surface area contributed by atoms with Gasteiger partial charge >= 0.3 is 5.97 Å². The first-order valence-corrected chi connectivity index (χ1v) is 24.2. The first-order chi connectivity index (χ1) is 28.2. The van der Waals surface area contributed by atoms with Crippen LogP contribution in [0.5, 0.6) is 0 Å². The second kappa shape index (κ2) is 49.7. The van der Waals surface area contributed by atoms with Gasteiger partial charge in [0.25, 0.3) is 0 Å². The van der Waals surface area contributed by atoms with E-state index in [0.29, 0.717) is 13.0 Å². The van der Waals surface area contributed by atoms with Crippen LogP contribution in [0.1, 0.15) is 219 Å². The Labute approximate surface area is 354 Å². The van der Waals surface area contributed by atoms with Crippen LogP contribution in [0.25, 0.3) is 0 Å². The molecule has 1 N–H and O–H groups in total. The molecule has 1 unspecified atom stereocenters. The predicted octanol–water partition coefficient (Wildman–Crippen LogP) is 16.3. The molecule has 0 radical (unpaired) electrons. The van der Waals surface area contributed by atoms with Gasteiger partial charge in [-0.1, -0.05) is 208 Å². The molecule has 0 bridgehead atoms. The Morgan fingerprint density at radius 2 is 0.789 bits per heavy atom. The summed E-state index contributed by atoms with van der Waals surface area (Å²) >= 11 is 0. The van der Waals surface area contributed by atoms with Gasteiger partial charge in [-0.3, -0.25) is 4.79 Å². The van der Waals surface area contributed by atoms with Gasteiger partial charge in [-0.2, -0.15) is 0 Å². The molecule has 0 amide bonds. The van der Waals surface area contributed by atoms with Gasteiger partial charge in [0.05, 0.1) is 13.2 Å². The molecule has 0 rings (SSSR count). The van der Waals surface area contributed by atoms with E-state index in [1.54, 1.807) is 0 Å². The monoisotopic (exact) mass is 793 g/mol. The molecule has 0 spiro atoms. The fraction of sp³-hybridized carbons (Fsp3) is 0.717. The molecule has 0 aliphatic rings. The normalized spacial score (nSPS) is 13.1. The van der Waals surface area contributed by atoms with Crippen molar-refractivity contribution in [1.82, 2.24) is 0 Å². The fourth-order valence-electron chi connectivity index (χ4n) is 6.62. The number of unbranched alkanes of at least 4 members (excludes halogenated alkanes) is 22. The molecule has 0 aromatic heterocycles. The highest BCUT2D eigenvalue weighted by molar-refractivity contribution is 5.69. The SMILES string of the molecule is CC/C=C\C/C=C\C/C=C\C/C=C\CCCCCCCCCCC(=O)OC(CO)COCCCCCCCCCCC/C=C\C/C=C\C/C=C\CCCCCCC. The quantitative estimate of drug-likeness (QED) is 0.0379. The van der Waals surface area contributed by atoms with E-state index in [1.807, 2.05) is 0 Å². The summed E-state index contributed by atoms with van der Waals surface area (Å²) in [4.78, 5) is 12.3. The second-order valence-corrected chi connectivity index (χ2v) is 15.8. The van der Waals surface area contributed by atoms with Crippen LogP contribution in [0.4, 0.5) is 0 Å². The number of hydrogen-bond acceptors (Lipinski definition) is 4. The molecule has 0 heterocycles. The Balaban J connectivity index is 3.47. The Kier molecular flexibility index (Phi) is 47.6. The highest BCUT2D eigenvalue weighted by atomic mass is 16.6. The fourth-order valence-corrected chi connectivity index (χ4v) is 6.62. The highest BCUT2D eigenvalue weighted by Gasteiger charge is 2.13. The third kappa shape index (κ3) is 47.8. The van der Waals surface area contributed by atoms with E-state index in [1.165, 1.54) is 141 Å². The van der Waals surface area contributed by atoms with E-state index in [2.05, 4.69) is 98.9 Å². The lowest BCUT2D eigenvalue weighted by atomic mass is 10.1. The number of allylic oxidation sites excluding steroid dienone is 14. The van der Waals surface area contributed by atoms with Gasteiger partial charge < -0.3 is 14.6 Å². The molecule has 0 saturated carbocycles. The Hall–Kier alpha value is -2.43. The molecule has 328 valence electrons. The summed E-state index contributed by atoms with van der Waals surface area (Å²) in [5, 5.41) is 9.64. The summed E-state index contributed by atoms with van der Waals surface area (Å²) in [6.45, 7) is 5.20. The molecule has 0 aromatic carbocycles. The van der Waals surface area contributed by atoms with Gasteiger partial charge in [0.1, 0.15) is 6.10 Å². The summed E-state index contributed by atoms with van der Waals surface area (Å²) < 4.78 is 11.2. The van der Waals surface area contributed by atoms with Gasteiger partial charge in [0, 0.05) is 13.0 Å². The van der Waals surface area contributed by atoms with Crippen LogP contribution < -0.4 is 0 Å². The van der Waals surface area contributed by atoms with Crippen molar-refractivity contribution in [2.24, 2.45) is 0 Å². The third-order valence-corrected chi connectivity index (χ3v) is 10.2. The number of carbonyl (C=O) groups is 1. The van der Waals surface area contributed by atoms with E-state index in [9.17, 15) is 9.90 Å². The zero-order valence-electron chi connectivity index (χ0n) is 37.6. The molecule has 1 atom stereocenters. The van der Waals surface area contributed by atoms with Crippen LogP contribution in [0.3, 0.4) is 0 Å². The summed E-state index contributed by atoms with van der Waals surface area (Å²) in [5.74, 6) is -0.213. The van der Waals surface area contributed by atoms with Gasteiger partial charge in [-0.25, -0.2) is 0 Å². The molecule has 4 nitrogen and oxygen atoms in total. The minimum absolute atomic E-state index is 0.181. The van der Waals surface area contributed by atoms with Crippen molar-refractivity contribution < 1.29 is 19.4 Å². The maximum atomic E-state index is 12.3. The zero-order chi connectivity index (χ0) is 41.2. The lowest BCUT2D eigenvalue weighted by Crippen LogP contribution is -2.27. The average Bonchev–Trinajstić information content (AvgIpc) is 3.22. The number of hydrogen-bond donors (Lipinski definition) is 1. The molecule has 57 heavy (non-hydrogen) atoms. The van der Waals surface area contributed by atoms with Crippen LogP contribution >= 0.6 is 0 Å². The number of esters is 1. The van der Waals surface area contributed by atoms with Crippen molar-refractivity contribution in [3.05, 3.63) is 85.1 Å². The highest BCUT2D eigenvalue weighted by Crippen LogP contribution is 2.13. The molecule has 4 heteroatoms. The van der Waals surface area contributed by atoms with Crippen molar-refractivity contribution in [2.75, 3.05) is 19.8 Å². The van der Waals surface area contributed by atoms with Gasteiger partial charge in [0.2, 0.25) is 0 Å². The van der Waals surface area contributed by atoms with Crippen molar-refractivity contribution in [3.8, 4) is 0 Å². The third-order valence-electron chi connectivity index (χ3n) is 10.2. The number of rotatable bonds is 44. The van der Waals surface area contributed by atoms with Crippen molar-refractivity contribution in [1.29, 1.82) is 0 Å². The van der Waals surface area contributed by atoms with E-state index < -0.39 is 6.10 Å². The molecule has 0 fully saturated rings. The van der Waals surface area contributed by atoms with Crippen molar-refractivity contribution in [2.45, 2.75) is 225 Å². The maximum Gasteiger partial charge on any atom is 0.306 e. The summed E-state index contributed by atoms with van der Waals surface area (Å²) in [7, 11) is 0. The molecule has 0 aliphatic carbocycles. The Bertz CT molecular complexity index is 1020. The van der Waals surface area contributed by atoms with Crippen molar-refractivity contribution in [3.63, 3.8) is 0 Å². The van der Waals surface area contributed by atoms with Gasteiger partial charge in [0.15, 0.2) is 0 Å². The lowest BCUT2D eigenvalue weighted by Gasteiger charge is -2.16. The van der Waals surface area contributed by atoms with Gasteiger partial charge in [-0.05, 0) is 89.9 Å². The molecular weight excluding hydrogens is 701 g/mol. The predicted molar refractivity (Wildman–Crippen MR) is 251 cm³/mol. The number of aliphatic hydroxyl groups excluding tert-OH is 1. The smallest absolute Gasteiger partial charge is 0.306 e. The Morgan fingerprint density at radius 1 is 0.439 bits per heavy atom. The minimum Gasteiger partial charge on any atom is -0.457 e. The van der Waals surface area contributed by atoms with Crippen LogP contribution in [-0.4, -0.2) is 37.0 Å². The molecular formula is C53H92O4. The standard InChI is InChI=1S/C53H92O4/c1-3-5-7-9-11-13-15-17-19-21-23-25-26-27-29-31-33-35-37-39-41-43-45-47-49-56-51-52(50-54)57-53(55)48-46-44-42-40-38-36-34-32-30-28-24-22-20-18-16-14-12-10-8-6-4-2/h6,8,12,14-15,17-18,20-21,23-24,26-28,52,54H,3-5,7,9-11,13,16,19,22,25,29-51H2,1-2H3/b8-6-,14-12-,17-15-,20-18-,23-21-,27-26-,28-24-. The summed E-state index contributed by atoms with van der Waals surface area (Å²) in [6.07, 6.45) is 69.4. The largest absolute Gasteiger partial charge is 0.457 e. The zero-order valence-corrected chi connectivity index (χ0v) is 37.6. The van der Waals surface area contributed by atoms with Crippen LogP contribution in [-0.2, 0) is 14.3 Å². The second-order valence-electron chi connectivity index (χ2n) is 15.8. The number of ether oxygens (including phenoxy) is 2. The number of aliphatic hydroxyl groups is 1. The number of carbonyl (C=O) groups excluding carboxylic acids is 1. The van der Waals surface area contributed by atoms with Crippen molar-refractivity contribution >= 4 is 5.97 Å². The van der Waals surface area contributed by atoms with Gasteiger partial charge in [-0.15, -0.1) is 0 Å². The first kappa shape index (κ1) is 54.6. The lowest BCUT2D eigenvalue weighted by molar-refractivity contribution is -0.154. The molecule has 0 aliphatic heterocycles. The van der Waals surface area contributed by atoms with E-state index in [0.717, 1.165) is 57.8 Å². The average molecular weight is 793 g/mol. The molecule has 0 aromatic rings. The maximum absolute atomic E-state index is 12.3. The van der Waals surface area contributed by atoms with Crippen LogP contribution in [0, 0.1) is 0 Å². The first-order valence-electron chi connectivity index (χ1n) is 24.2. The molecule has 0 saturated heterocycles. The summed E-state index contributed by atoms with van der Waals surface area (Å²) in [5.41, 5.74) is 0. The topological polar surface area (TPSA) is 55.8 Å². The van der Waals surface area contributed by atoms with E-state index >= 15 is 0 Å². The van der Waals surface area contributed by atoms with E-state index in [4.69, 9.17) is 9.47 Å². The van der Waals surface area contributed by atoms with Crippen LogP contribution in [0.15, 0.2) is 85.1 Å². The van der Waals surface area contributed by atoms with E-state index in [-0.39, 0.29) is 19.2 Å². The Morgan fingerprint density at radius 3 is 1.19 bits per heavy atom. The van der Waals surface area contributed by atoms with Crippen LogP contribution in [0.2, 0.25) is 0 Å². The minimum atomic E-state index is -0.548. The summed E-state index contributed by atoms with van der Waals surface area (Å²) in [6, 6.07) is 0.